The highest BCUT2D eigenvalue weighted by atomic mass is 32.2. The van der Waals surface area contributed by atoms with Crippen LogP contribution in [0.2, 0.25) is 0 Å². The van der Waals surface area contributed by atoms with E-state index in [0.29, 0.717) is 45.8 Å². The van der Waals surface area contributed by atoms with Gasteiger partial charge < -0.3 is 5.32 Å². The topological polar surface area (TPSA) is 78.1 Å². The van der Waals surface area contributed by atoms with Gasteiger partial charge in [0.05, 0.1) is 11.4 Å². The molecule has 0 unspecified atom stereocenters. The van der Waals surface area contributed by atoms with Gasteiger partial charge in [-0.1, -0.05) is 97.5 Å². The van der Waals surface area contributed by atoms with Crippen LogP contribution in [0.15, 0.2) is 64.3 Å². The number of carbonyl (C=O) groups excluding carboxylic acids is 1. The highest BCUT2D eigenvalue weighted by Gasteiger charge is 2.33. The molecule has 0 bridgehead atoms. The Morgan fingerprint density at radius 1 is 1.05 bits per heavy atom. The van der Waals surface area contributed by atoms with Crippen LogP contribution in [0.25, 0.3) is 6.08 Å². The van der Waals surface area contributed by atoms with Gasteiger partial charge in [0.1, 0.15) is 21.8 Å². The van der Waals surface area contributed by atoms with E-state index >= 15 is 0 Å². The number of thiocarbonyl (C=S) groups is 1. The number of nitrogens with one attached hydrogen (secondary N) is 1. The lowest BCUT2D eigenvalue weighted by Gasteiger charge is -2.20. The number of thioether (sulfide) groups is 1. The fourth-order valence-corrected chi connectivity index (χ4v) is 5.73. The first kappa shape index (κ1) is 28.3. The van der Waals surface area contributed by atoms with E-state index in [9.17, 15) is 14.9 Å². The molecule has 6 nitrogen and oxygen atoms in total. The van der Waals surface area contributed by atoms with Gasteiger partial charge in [-0.2, -0.15) is 5.26 Å². The first-order valence-electron chi connectivity index (χ1n) is 13.1. The molecule has 0 radical (unpaired) electrons. The number of aromatic nitrogens is 1. The Morgan fingerprint density at radius 2 is 1.77 bits per heavy atom. The van der Waals surface area contributed by atoms with Gasteiger partial charge in [-0.05, 0) is 49.5 Å². The van der Waals surface area contributed by atoms with Crippen LogP contribution in [0, 0.1) is 25.2 Å². The van der Waals surface area contributed by atoms with Gasteiger partial charge in [-0.15, -0.1) is 0 Å². The zero-order chi connectivity index (χ0) is 27.9. The zero-order valence-corrected chi connectivity index (χ0v) is 24.1. The third-order valence-electron chi connectivity index (χ3n) is 6.77. The molecule has 1 amide bonds. The van der Waals surface area contributed by atoms with Gasteiger partial charge in [0.15, 0.2) is 0 Å². The van der Waals surface area contributed by atoms with Gasteiger partial charge in [-0.3, -0.25) is 19.1 Å². The highest BCUT2D eigenvalue weighted by molar-refractivity contribution is 8.26. The average Bonchev–Trinajstić information content (AvgIpc) is 3.19. The predicted octanol–water partition coefficient (Wildman–Crippen LogP) is 6.19. The van der Waals surface area contributed by atoms with Crippen LogP contribution in [-0.4, -0.2) is 26.2 Å². The lowest BCUT2D eigenvalue weighted by Crippen LogP contribution is -2.29. The number of benzene rings is 2. The fourth-order valence-electron chi connectivity index (χ4n) is 4.50. The molecule has 2 heterocycles. The molecule has 200 valence electrons. The Hall–Kier alpha value is -3.67. The summed E-state index contributed by atoms with van der Waals surface area (Å²) in [4.78, 5) is 28.9. The molecule has 8 heteroatoms. The first-order valence-corrected chi connectivity index (χ1v) is 14.3. The standard InChI is InChI=1S/C31H32N4O2S2/c1-4-5-17-34-28(33-16-15-23-9-7-6-8-10-23)25(22(3)26(19-32)29(34)36)18-27-30(37)35(31(38)39-27)20-24-13-11-21(2)12-14-24/h6-14,18,33H,4-5,15-17,20H2,1-3H3/b27-18+. The van der Waals surface area contributed by atoms with Crippen LogP contribution in [-0.2, 0) is 24.3 Å². The smallest absolute Gasteiger partial charge is 0.270 e. The second-order valence-electron chi connectivity index (χ2n) is 9.60. The van der Waals surface area contributed by atoms with Crippen molar-refractivity contribution in [1.29, 1.82) is 5.26 Å². The van der Waals surface area contributed by atoms with Crippen LogP contribution in [0.5, 0.6) is 0 Å². The molecule has 1 aromatic heterocycles. The molecule has 2 aromatic carbocycles. The zero-order valence-electron chi connectivity index (χ0n) is 22.5. The molecule has 3 aromatic rings. The predicted molar refractivity (Wildman–Crippen MR) is 164 cm³/mol. The molecular formula is C31H32N4O2S2. The Kier molecular flexibility index (Phi) is 9.39. The van der Waals surface area contributed by atoms with Gasteiger partial charge in [0, 0.05) is 18.7 Å². The molecule has 4 rings (SSSR count). The number of unbranched alkanes of at least 4 members (excludes halogenated alkanes) is 1. The quantitative estimate of drug-likeness (QED) is 0.237. The Balaban J connectivity index is 1.72. The third kappa shape index (κ3) is 6.49. The van der Waals surface area contributed by atoms with Gasteiger partial charge >= 0.3 is 0 Å². The number of carbonyl (C=O) groups is 1. The molecule has 0 spiro atoms. The number of pyridine rings is 1. The van der Waals surface area contributed by atoms with E-state index in [1.54, 1.807) is 22.5 Å². The van der Waals surface area contributed by atoms with E-state index in [1.165, 1.54) is 17.3 Å². The molecule has 0 aliphatic carbocycles. The summed E-state index contributed by atoms with van der Waals surface area (Å²) in [5.74, 6) is 0.453. The summed E-state index contributed by atoms with van der Waals surface area (Å²) in [7, 11) is 0. The van der Waals surface area contributed by atoms with Crippen molar-refractivity contribution in [3.8, 4) is 6.07 Å². The van der Waals surface area contributed by atoms with Gasteiger partial charge in [0.25, 0.3) is 11.5 Å². The Labute approximate surface area is 239 Å². The second kappa shape index (κ2) is 12.9. The lowest BCUT2D eigenvalue weighted by atomic mass is 10.0. The highest BCUT2D eigenvalue weighted by Crippen LogP contribution is 2.36. The summed E-state index contributed by atoms with van der Waals surface area (Å²) in [6.45, 7) is 7.32. The molecular weight excluding hydrogens is 525 g/mol. The van der Waals surface area contributed by atoms with Crippen LogP contribution >= 0.6 is 24.0 Å². The lowest BCUT2D eigenvalue weighted by molar-refractivity contribution is -0.122. The van der Waals surface area contributed by atoms with Gasteiger partial charge in [-0.25, -0.2) is 0 Å². The number of aryl methyl sites for hydroxylation is 1. The maximum absolute atomic E-state index is 13.5. The molecule has 1 aliphatic rings. The number of hydrogen-bond donors (Lipinski definition) is 1. The van der Waals surface area contributed by atoms with Crippen molar-refractivity contribution in [2.45, 2.75) is 53.1 Å². The van der Waals surface area contributed by atoms with E-state index in [4.69, 9.17) is 12.2 Å². The van der Waals surface area contributed by atoms with Crippen molar-refractivity contribution in [2.24, 2.45) is 0 Å². The van der Waals surface area contributed by atoms with Crippen molar-refractivity contribution in [3.05, 3.63) is 103 Å². The SMILES string of the molecule is CCCCn1c(NCCc2ccccc2)c(/C=C2/SC(=S)N(Cc3ccc(C)cc3)C2=O)c(C)c(C#N)c1=O. The number of nitriles is 1. The van der Waals surface area contributed by atoms with Crippen molar-refractivity contribution in [2.75, 3.05) is 11.9 Å². The fraction of sp³-hybridized carbons (Fsp3) is 0.290. The molecule has 1 fully saturated rings. The third-order valence-corrected chi connectivity index (χ3v) is 8.15. The first-order chi connectivity index (χ1) is 18.8. The summed E-state index contributed by atoms with van der Waals surface area (Å²) >= 11 is 6.83. The summed E-state index contributed by atoms with van der Waals surface area (Å²) < 4.78 is 2.14. The summed E-state index contributed by atoms with van der Waals surface area (Å²) in [5, 5.41) is 13.3. The Morgan fingerprint density at radius 3 is 2.44 bits per heavy atom. The van der Waals surface area contributed by atoms with Crippen molar-refractivity contribution >= 4 is 46.1 Å². The molecule has 0 atom stereocenters. The molecule has 0 saturated carbocycles. The van der Waals surface area contributed by atoms with Crippen LogP contribution in [0.3, 0.4) is 0 Å². The Bertz CT molecular complexity index is 1500. The molecule has 1 aliphatic heterocycles. The number of rotatable bonds is 10. The summed E-state index contributed by atoms with van der Waals surface area (Å²) in [6.07, 6.45) is 4.25. The minimum atomic E-state index is -0.310. The minimum Gasteiger partial charge on any atom is -0.371 e. The number of anilines is 1. The maximum Gasteiger partial charge on any atom is 0.270 e. The van der Waals surface area contributed by atoms with E-state index in [-0.39, 0.29) is 17.0 Å². The van der Waals surface area contributed by atoms with Crippen LogP contribution in [0.4, 0.5) is 5.82 Å². The normalized spacial score (nSPS) is 14.2. The number of hydrogen-bond acceptors (Lipinski definition) is 6. The number of amides is 1. The molecule has 1 N–H and O–H groups in total. The van der Waals surface area contributed by atoms with E-state index in [2.05, 4.69) is 30.4 Å². The monoisotopic (exact) mass is 556 g/mol. The minimum absolute atomic E-state index is 0.0982. The van der Waals surface area contributed by atoms with Crippen LogP contribution in [0.1, 0.15) is 53.1 Å². The van der Waals surface area contributed by atoms with Gasteiger partial charge in [0.2, 0.25) is 0 Å². The van der Waals surface area contributed by atoms with E-state index in [0.717, 1.165) is 30.4 Å². The second-order valence-corrected chi connectivity index (χ2v) is 11.3. The van der Waals surface area contributed by atoms with Crippen LogP contribution < -0.4 is 10.9 Å². The average molecular weight is 557 g/mol. The largest absolute Gasteiger partial charge is 0.371 e. The van der Waals surface area contributed by atoms with Crippen molar-refractivity contribution in [3.63, 3.8) is 0 Å². The molecule has 39 heavy (non-hydrogen) atoms. The van der Waals surface area contributed by atoms with E-state index < -0.39 is 0 Å². The maximum atomic E-state index is 13.5. The number of nitrogens with zero attached hydrogens (tertiary/aromatic N) is 3. The molecule has 1 saturated heterocycles. The van der Waals surface area contributed by atoms with Crippen molar-refractivity contribution in [1.82, 2.24) is 9.47 Å². The van der Waals surface area contributed by atoms with E-state index in [1.807, 2.05) is 49.4 Å². The summed E-state index contributed by atoms with van der Waals surface area (Å²) in [5.41, 5.74) is 4.34. The van der Waals surface area contributed by atoms with Crippen molar-refractivity contribution < 1.29 is 4.79 Å². The summed E-state index contributed by atoms with van der Waals surface area (Å²) in [6, 6.07) is 20.3.